The zero-order chi connectivity index (χ0) is 12.6. The highest BCUT2D eigenvalue weighted by molar-refractivity contribution is 4.49. The van der Waals surface area contributed by atoms with Crippen molar-refractivity contribution in [1.29, 1.82) is 0 Å². The summed E-state index contributed by atoms with van der Waals surface area (Å²) >= 11 is 0. The van der Waals surface area contributed by atoms with Gasteiger partial charge in [0.1, 0.15) is 0 Å². The monoisotopic (exact) mass is 238 g/mol. The maximum Gasteiger partial charge on any atom is -0.0352 e. The third-order valence-corrected chi connectivity index (χ3v) is 3.56. The van der Waals surface area contributed by atoms with Gasteiger partial charge >= 0.3 is 0 Å². The van der Waals surface area contributed by atoms with Gasteiger partial charge in [0.15, 0.2) is 0 Å². The van der Waals surface area contributed by atoms with Crippen LogP contribution in [0.5, 0.6) is 0 Å². The molecule has 0 spiro atoms. The van der Waals surface area contributed by atoms with E-state index in [2.05, 4.69) is 6.92 Å². The Hall–Kier alpha value is 0. The summed E-state index contributed by atoms with van der Waals surface area (Å²) in [6.45, 7) is 7.75. The summed E-state index contributed by atoms with van der Waals surface area (Å²) in [4.78, 5) is 0. The van der Waals surface area contributed by atoms with Gasteiger partial charge in [-0.2, -0.15) is 0 Å². The van der Waals surface area contributed by atoms with E-state index in [0.29, 0.717) is 0 Å². The molecule has 0 nitrogen and oxygen atoms in total. The van der Waals surface area contributed by atoms with Gasteiger partial charge in [-0.15, -0.1) is 0 Å². The predicted molar refractivity (Wildman–Crippen MR) is 79.2 cm³/mol. The zero-order valence-corrected chi connectivity index (χ0v) is 12.2. The summed E-state index contributed by atoms with van der Waals surface area (Å²) in [6, 6.07) is 0. The van der Waals surface area contributed by atoms with Crippen molar-refractivity contribution in [2.45, 2.75) is 103 Å². The minimum atomic E-state index is 0.873. The maximum absolute atomic E-state index is 5.47. The molecule has 102 valence electrons. The minimum absolute atomic E-state index is 0.873. The Morgan fingerprint density at radius 1 is 0.471 bits per heavy atom. The van der Waals surface area contributed by atoms with Crippen LogP contribution in [-0.2, 0) is 0 Å². The SMILES string of the molecule is [CH]CCCCCCCCCCCCCCCC. The molecule has 0 rings (SSSR count). The first-order chi connectivity index (χ1) is 8.41. The van der Waals surface area contributed by atoms with E-state index in [0.717, 1.165) is 6.42 Å². The van der Waals surface area contributed by atoms with Crippen LogP contribution < -0.4 is 0 Å². The maximum atomic E-state index is 5.47. The van der Waals surface area contributed by atoms with Crippen molar-refractivity contribution in [3.8, 4) is 0 Å². The van der Waals surface area contributed by atoms with E-state index in [1.165, 1.54) is 89.9 Å². The molecule has 0 N–H and O–H groups in total. The minimum Gasteiger partial charge on any atom is -0.0654 e. The number of hydrogen-bond donors (Lipinski definition) is 0. The molecule has 2 radical (unpaired) electrons. The van der Waals surface area contributed by atoms with Crippen LogP contribution in [0.1, 0.15) is 103 Å². The van der Waals surface area contributed by atoms with Crippen molar-refractivity contribution < 1.29 is 0 Å². The van der Waals surface area contributed by atoms with Crippen LogP contribution in [0, 0.1) is 6.92 Å². The second kappa shape index (κ2) is 16.0. The standard InChI is InChI=1S/C17H34/c1-3-5-7-9-11-13-15-17-16-14-12-10-8-6-4-2/h1H,3-17H2,2H3. The smallest absolute Gasteiger partial charge is 0.0352 e. The zero-order valence-electron chi connectivity index (χ0n) is 12.2. The fourth-order valence-electron chi connectivity index (χ4n) is 2.34. The molecule has 0 fully saturated rings. The molecule has 0 amide bonds. The van der Waals surface area contributed by atoms with Crippen LogP contribution >= 0.6 is 0 Å². The first-order valence-electron chi connectivity index (χ1n) is 8.12. The van der Waals surface area contributed by atoms with E-state index >= 15 is 0 Å². The van der Waals surface area contributed by atoms with Gasteiger partial charge in [0.05, 0.1) is 0 Å². The Balaban J connectivity index is 2.85. The molecule has 0 bridgehead atoms. The molecule has 0 saturated heterocycles. The summed E-state index contributed by atoms with van der Waals surface area (Å²) in [6.07, 6.45) is 20.7. The van der Waals surface area contributed by atoms with E-state index in [-0.39, 0.29) is 0 Å². The molecule has 0 aromatic carbocycles. The third kappa shape index (κ3) is 16.0. The summed E-state index contributed by atoms with van der Waals surface area (Å²) in [5.41, 5.74) is 0. The normalized spacial score (nSPS) is 10.9. The molecule has 0 heterocycles. The van der Waals surface area contributed by atoms with Gasteiger partial charge in [-0.25, -0.2) is 0 Å². The molecule has 0 saturated carbocycles. The molecule has 0 aromatic rings. The Labute approximate surface area is 111 Å². The summed E-state index contributed by atoms with van der Waals surface area (Å²) < 4.78 is 0. The lowest BCUT2D eigenvalue weighted by Crippen LogP contribution is -1.82. The van der Waals surface area contributed by atoms with Gasteiger partial charge in [0, 0.05) is 0 Å². The van der Waals surface area contributed by atoms with Crippen LogP contribution in [0.4, 0.5) is 0 Å². The van der Waals surface area contributed by atoms with Crippen LogP contribution in [0.25, 0.3) is 0 Å². The van der Waals surface area contributed by atoms with Gasteiger partial charge in [-0.3, -0.25) is 0 Å². The first kappa shape index (κ1) is 17.0. The van der Waals surface area contributed by atoms with Crippen molar-refractivity contribution in [2.75, 3.05) is 0 Å². The number of rotatable bonds is 14. The van der Waals surface area contributed by atoms with E-state index in [1.54, 1.807) is 0 Å². The Morgan fingerprint density at radius 2 is 0.765 bits per heavy atom. The number of hydrogen-bond acceptors (Lipinski definition) is 0. The van der Waals surface area contributed by atoms with Gasteiger partial charge in [-0.1, -0.05) is 96.8 Å². The predicted octanol–water partition coefficient (Wildman–Crippen LogP) is 6.57. The molecule has 0 unspecified atom stereocenters. The highest BCUT2D eigenvalue weighted by Gasteiger charge is 1.93. The van der Waals surface area contributed by atoms with Crippen molar-refractivity contribution in [3.63, 3.8) is 0 Å². The van der Waals surface area contributed by atoms with Gasteiger partial charge in [0.25, 0.3) is 0 Å². The van der Waals surface area contributed by atoms with Gasteiger partial charge in [-0.05, 0) is 13.3 Å². The fraction of sp³-hybridized carbons (Fsp3) is 0.941. The van der Waals surface area contributed by atoms with E-state index in [4.69, 9.17) is 6.92 Å². The quantitative estimate of drug-likeness (QED) is 0.300. The van der Waals surface area contributed by atoms with Crippen LogP contribution in [0.3, 0.4) is 0 Å². The Bertz CT molecular complexity index is 103. The lowest BCUT2D eigenvalue weighted by molar-refractivity contribution is 0.536. The molecule has 0 aliphatic heterocycles. The van der Waals surface area contributed by atoms with Crippen LogP contribution in [-0.4, -0.2) is 0 Å². The highest BCUT2D eigenvalue weighted by atomic mass is 14.0. The number of unbranched alkanes of at least 4 members (excludes halogenated alkanes) is 14. The van der Waals surface area contributed by atoms with Gasteiger partial charge < -0.3 is 0 Å². The Kier molecular flexibility index (Phi) is 16.0. The fourth-order valence-corrected chi connectivity index (χ4v) is 2.34. The lowest BCUT2D eigenvalue weighted by atomic mass is 10.0. The Morgan fingerprint density at radius 3 is 1.06 bits per heavy atom. The molecular formula is C17H34. The third-order valence-electron chi connectivity index (χ3n) is 3.56. The molecule has 17 heavy (non-hydrogen) atoms. The largest absolute Gasteiger partial charge is 0.0654 e. The summed E-state index contributed by atoms with van der Waals surface area (Å²) in [7, 11) is 0. The van der Waals surface area contributed by atoms with E-state index < -0.39 is 0 Å². The highest BCUT2D eigenvalue weighted by Crippen LogP contribution is 2.13. The molecule has 0 atom stereocenters. The molecular weight excluding hydrogens is 204 g/mol. The average Bonchev–Trinajstić information content (AvgIpc) is 2.35. The van der Waals surface area contributed by atoms with Crippen molar-refractivity contribution >= 4 is 0 Å². The van der Waals surface area contributed by atoms with E-state index in [9.17, 15) is 0 Å². The van der Waals surface area contributed by atoms with Gasteiger partial charge in [0.2, 0.25) is 0 Å². The second-order valence-electron chi connectivity index (χ2n) is 5.38. The second-order valence-corrected chi connectivity index (χ2v) is 5.38. The molecule has 0 aromatic heterocycles. The molecule has 0 aliphatic carbocycles. The lowest BCUT2D eigenvalue weighted by Gasteiger charge is -2.02. The average molecular weight is 238 g/mol. The topological polar surface area (TPSA) is 0 Å². The van der Waals surface area contributed by atoms with Crippen molar-refractivity contribution in [3.05, 3.63) is 6.92 Å². The van der Waals surface area contributed by atoms with E-state index in [1.807, 2.05) is 0 Å². The molecule has 0 heteroatoms. The molecule has 0 aliphatic rings. The van der Waals surface area contributed by atoms with Crippen LogP contribution in [0.15, 0.2) is 0 Å². The van der Waals surface area contributed by atoms with Crippen molar-refractivity contribution in [2.24, 2.45) is 0 Å². The van der Waals surface area contributed by atoms with Crippen molar-refractivity contribution in [1.82, 2.24) is 0 Å². The summed E-state index contributed by atoms with van der Waals surface area (Å²) in [5, 5.41) is 0. The van der Waals surface area contributed by atoms with Crippen LogP contribution in [0.2, 0.25) is 0 Å². The first-order valence-corrected chi connectivity index (χ1v) is 8.12. The summed E-state index contributed by atoms with van der Waals surface area (Å²) in [5.74, 6) is 0.